The summed E-state index contributed by atoms with van der Waals surface area (Å²) in [5.41, 5.74) is 0. The maximum Gasteiger partial charge on any atom is 0.326 e. The summed E-state index contributed by atoms with van der Waals surface area (Å²) < 4.78 is 0. The Hall–Kier alpha value is -1.26. The van der Waals surface area contributed by atoms with Gasteiger partial charge in [0, 0.05) is 13.1 Å². The van der Waals surface area contributed by atoms with Crippen molar-refractivity contribution in [2.75, 3.05) is 13.1 Å². The van der Waals surface area contributed by atoms with E-state index in [-0.39, 0.29) is 6.03 Å². The largest absolute Gasteiger partial charge is 0.480 e. The van der Waals surface area contributed by atoms with Gasteiger partial charge in [-0.3, -0.25) is 0 Å². The van der Waals surface area contributed by atoms with Crippen molar-refractivity contribution in [1.82, 2.24) is 10.2 Å². The van der Waals surface area contributed by atoms with Crippen molar-refractivity contribution in [3.63, 3.8) is 0 Å². The van der Waals surface area contributed by atoms with Gasteiger partial charge in [-0.2, -0.15) is 0 Å². The topological polar surface area (TPSA) is 69.6 Å². The van der Waals surface area contributed by atoms with Crippen molar-refractivity contribution in [3.05, 3.63) is 0 Å². The van der Waals surface area contributed by atoms with Crippen LogP contribution in [-0.4, -0.2) is 41.1 Å². The van der Waals surface area contributed by atoms with Gasteiger partial charge in [0.05, 0.1) is 0 Å². The van der Waals surface area contributed by atoms with Crippen LogP contribution in [0.1, 0.15) is 46.5 Å². The fraction of sp³-hybridized carbons (Fsp3) is 0.857. The van der Waals surface area contributed by atoms with Crippen LogP contribution in [0.15, 0.2) is 0 Å². The number of carbonyl (C=O) groups is 2. The molecule has 0 aromatic carbocycles. The Kier molecular flexibility index (Phi) is 6.12. The minimum atomic E-state index is -0.899. The Balaban J connectivity index is 2.43. The van der Waals surface area contributed by atoms with E-state index in [2.05, 4.69) is 19.2 Å². The van der Waals surface area contributed by atoms with E-state index in [1.165, 1.54) is 4.90 Å². The van der Waals surface area contributed by atoms with Crippen molar-refractivity contribution in [1.29, 1.82) is 0 Å². The summed E-state index contributed by atoms with van der Waals surface area (Å²) in [5, 5.41) is 12.0. The highest BCUT2D eigenvalue weighted by atomic mass is 16.4. The Labute approximate surface area is 115 Å². The van der Waals surface area contributed by atoms with Gasteiger partial charge in [-0.05, 0) is 37.5 Å². The molecule has 0 saturated carbocycles. The summed E-state index contributed by atoms with van der Waals surface area (Å²) in [7, 11) is 0. The lowest BCUT2D eigenvalue weighted by Gasteiger charge is -2.35. The second kappa shape index (κ2) is 7.36. The van der Waals surface area contributed by atoms with Crippen LogP contribution in [0.2, 0.25) is 0 Å². The molecule has 0 aromatic rings. The molecule has 1 saturated heterocycles. The zero-order valence-corrected chi connectivity index (χ0v) is 12.2. The molecule has 19 heavy (non-hydrogen) atoms. The van der Waals surface area contributed by atoms with Crippen molar-refractivity contribution < 1.29 is 14.7 Å². The van der Waals surface area contributed by atoms with E-state index in [1.807, 2.05) is 6.92 Å². The molecule has 0 radical (unpaired) electrons. The fourth-order valence-corrected chi connectivity index (χ4v) is 2.43. The van der Waals surface area contributed by atoms with Gasteiger partial charge in [-0.1, -0.05) is 20.8 Å². The van der Waals surface area contributed by atoms with E-state index in [1.54, 1.807) is 0 Å². The van der Waals surface area contributed by atoms with E-state index in [9.17, 15) is 14.7 Å². The predicted molar refractivity (Wildman–Crippen MR) is 74.0 cm³/mol. The maximum absolute atomic E-state index is 12.0. The molecule has 1 heterocycles. The van der Waals surface area contributed by atoms with Crippen LogP contribution in [0, 0.1) is 11.8 Å². The third-order valence-electron chi connectivity index (χ3n) is 3.65. The lowest BCUT2D eigenvalue weighted by Crippen LogP contribution is -2.53. The van der Waals surface area contributed by atoms with Gasteiger partial charge in [-0.25, -0.2) is 9.59 Å². The maximum atomic E-state index is 12.0. The van der Waals surface area contributed by atoms with Gasteiger partial charge in [0.25, 0.3) is 0 Å². The molecule has 1 fully saturated rings. The Morgan fingerprint density at radius 2 is 2.11 bits per heavy atom. The molecule has 2 atom stereocenters. The van der Waals surface area contributed by atoms with Crippen LogP contribution < -0.4 is 5.32 Å². The smallest absolute Gasteiger partial charge is 0.326 e. The fourth-order valence-electron chi connectivity index (χ4n) is 2.43. The van der Waals surface area contributed by atoms with Crippen molar-refractivity contribution >= 4 is 12.0 Å². The zero-order chi connectivity index (χ0) is 14.4. The second-order valence-corrected chi connectivity index (χ2v) is 5.94. The molecule has 1 aliphatic rings. The summed E-state index contributed by atoms with van der Waals surface area (Å²) in [6, 6.07) is -0.906. The number of likely N-dealkylation sites (tertiary alicyclic amines) is 1. The first-order chi connectivity index (χ1) is 8.91. The van der Waals surface area contributed by atoms with Crippen LogP contribution in [0.5, 0.6) is 0 Å². The summed E-state index contributed by atoms with van der Waals surface area (Å²) in [5.74, 6) is 0.0921. The average Bonchev–Trinajstić information content (AvgIpc) is 2.33. The third-order valence-corrected chi connectivity index (χ3v) is 3.65. The number of nitrogens with one attached hydrogen (secondary N) is 1. The number of hydrogen-bond donors (Lipinski definition) is 2. The van der Waals surface area contributed by atoms with Gasteiger partial charge in [0.1, 0.15) is 6.04 Å². The molecule has 5 heteroatoms. The van der Waals surface area contributed by atoms with E-state index in [0.717, 1.165) is 19.3 Å². The monoisotopic (exact) mass is 270 g/mol. The normalized spacial score (nSPS) is 23.5. The number of carboxylic acid groups (broad SMARTS) is 1. The summed E-state index contributed by atoms with van der Waals surface area (Å²) in [4.78, 5) is 24.7. The number of carboxylic acids is 1. The Bertz CT molecular complexity index is 318. The highest BCUT2D eigenvalue weighted by Crippen LogP contribution is 2.22. The molecule has 0 spiro atoms. The number of nitrogens with zero attached hydrogens (tertiary/aromatic N) is 1. The molecule has 2 amide bonds. The third kappa shape index (κ3) is 5.09. The number of hydrogen-bond acceptors (Lipinski definition) is 2. The molecule has 1 rings (SSSR count). The first kappa shape index (κ1) is 15.8. The molecule has 5 nitrogen and oxygen atoms in total. The standard InChI is InChI=1S/C14H26N2O3/c1-10(2)5-4-7-15-14(19)16-8-6-11(3)9-12(16)13(17)18/h10-12H,4-9H2,1-3H3,(H,15,19)(H,17,18). The molecule has 0 aliphatic carbocycles. The number of rotatable bonds is 5. The van der Waals surface area contributed by atoms with Gasteiger partial charge in [0.15, 0.2) is 0 Å². The highest BCUT2D eigenvalue weighted by Gasteiger charge is 2.34. The van der Waals surface area contributed by atoms with Crippen molar-refractivity contribution in [2.24, 2.45) is 11.8 Å². The summed E-state index contributed by atoms with van der Waals surface area (Å²) in [6.45, 7) is 7.49. The van der Waals surface area contributed by atoms with E-state index in [4.69, 9.17) is 0 Å². The first-order valence-corrected chi connectivity index (χ1v) is 7.19. The molecule has 110 valence electrons. The lowest BCUT2D eigenvalue weighted by molar-refractivity contribution is -0.143. The molecule has 0 aromatic heterocycles. The number of carbonyl (C=O) groups excluding carboxylic acids is 1. The summed E-state index contributed by atoms with van der Waals surface area (Å²) >= 11 is 0. The molecule has 0 bridgehead atoms. The molecular formula is C14H26N2O3. The molecule has 2 N–H and O–H groups in total. The van der Waals surface area contributed by atoms with Gasteiger partial charge in [0.2, 0.25) is 0 Å². The lowest BCUT2D eigenvalue weighted by atomic mass is 9.93. The quantitative estimate of drug-likeness (QED) is 0.753. The highest BCUT2D eigenvalue weighted by molar-refractivity contribution is 5.82. The van der Waals surface area contributed by atoms with E-state index < -0.39 is 12.0 Å². The van der Waals surface area contributed by atoms with Crippen LogP contribution in [0.3, 0.4) is 0 Å². The predicted octanol–water partition coefficient (Wildman–Crippen LogP) is 2.32. The van der Waals surface area contributed by atoms with Gasteiger partial charge < -0.3 is 15.3 Å². The van der Waals surface area contributed by atoms with E-state index in [0.29, 0.717) is 31.3 Å². The minimum absolute atomic E-state index is 0.233. The Morgan fingerprint density at radius 1 is 1.42 bits per heavy atom. The first-order valence-electron chi connectivity index (χ1n) is 7.19. The number of urea groups is 1. The molecule has 2 unspecified atom stereocenters. The second-order valence-electron chi connectivity index (χ2n) is 5.94. The van der Waals surface area contributed by atoms with E-state index >= 15 is 0 Å². The number of piperidine rings is 1. The zero-order valence-electron chi connectivity index (χ0n) is 12.2. The van der Waals surface area contributed by atoms with Gasteiger partial charge >= 0.3 is 12.0 Å². The van der Waals surface area contributed by atoms with Crippen LogP contribution >= 0.6 is 0 Å². The Morgan fingerprint density at radius 3 is 2.68 bits per heavy atom. The number of aliphatic carboxylic acids is 1. The SMILES string of the molecule is CC(C)CCCNC(=O)N1CCC(C)CC1C(=O)O. The molecule has 1 aliphatic heterocycles. The van der Waals surface area contributed by atoms with Crippen molar-refractivity contribution in [3.8, 4) is 0 Å². The van der Waals surface area contributed by atoms with Crippen molar-refractivity contribution in [2.45, 2.75) is 52.5 Å². The average molecular weight is 270 g/mol. The van der Waals surface area contributed by atoms with Crippen LogP contribution in [0.4, 0.5) is 4.79 Å². The summed E-state index contributed by atoms with van der Waals surface area (Å²) in [6.07, 6.45) is 3.43. The van der Waals surface area contributed by atoms with Gasteiger partial charge in [-0.15, -0.1) is 0 Å². The minimum Gasteiger partial charge on any atom is -0.480 e. The number of amides is 2. The van der Waals surface area contributed by atoms with Crippen LogP contribution in [0.25, 0.3) is 0 Å². The van der Waals surface area contributed by atoms with Crippen LogP contribution in [-0.2, 0) is 4.79 Å². The molecular weight excluding hydrogens is 244 g/mol.